The van der Waals surface area contributed by atoms with E-state index in [1.807, 2.05) is 25.1 Å². The molecule has 0 aromatic heterocycles. The molecule has 2 aromatic carbocycles. The Morgan fingerprint density at radius 3 is 2.55 bits per heavy atom. The lowest BCUT2D eigenvalue weighted by Crippen LogP contribution is -2.30. The highest BCUT2D eigenvalue weighted by Gasteiger charge is 2.15. The molecule has 114 valence electrons. The Balaban J connectivity index is 2.02. The summed E-state index contributed by atoms with van der Waals surface area (Å²) in [7, 11) is 0. The molecule has 2 aromatic rings. The van der Waals surface area contributed by atoms with Crippen molar-refractivity contribution in [2.24, 2.45) is 0 Å². The highest BCUT2D eigenvalue weighted by atomic mass is 16.5. The molecule has 2 N–H and O–H groups in total. The SMILES string of the molecule is Cc1cccc(O[C@H](C)C(=O)Nc2cccc(C(=O)O)c2)c1. The average molecular weight is 299 g/mol. The van der Waals surface area contributed by atoms with E-state index in [1.165, 1.54) is 12.1 Å². The molecule has 1 amide bonds. The molecule has 0 aliphatic rings. The highest BCUT2D eigenvalue weighted by Crippen LogP contribution is 2.16. The van der Waals surface area contributed by atoms with Crippen molar-refractivity contribution in [1.82, 2.24) is 0 Å². The van der Waals surface area contributed by atoms with Crippen LogP contribution >= 0.6 is 0 Å². The van der Waals surface area contributed by atoms with Crippen LogP contribution in [-0.2, 0) is 4.79 Å². The second-order valence-electron chi connectivity index (χ2n) is 4.95. The molecule has 0 unspecified atom stereocenters. The normalized spacial score (nSPS) is 11.5. The Hall–Kier alpha value is -2.82. The van der Waals surface area contributed by atoms with Gasteiger partial charge in [-0.25, -0.2) is 4.79 Å². The summed E-state index contributed by atoms with van der Waals surface area (Å²) in [5, 5.41) is 11.6. The van der Waals surface area contributed by atoms with Gasteiger partial charge in [-0.3, -0.25) is 4.79 Å². The number of benzene rings is 2. The molecule has 1 atom stereocenters. The van der Waals surface area contributed by atoms with Crippen molar-refractivity contribution < 1.29 is 19.4 Å². The summed E-state index contributed by atoms with van der Waals surface area (Å²) in [5.41, 5.74) is 1.58. The molecular weight excluding hydrogens is 282 g/mol. The topological polar surface area (TPSA) is 75.6 Å². The highest BCUT2D eigenvalue weighted by molar-refractivity contribution is 5.96. The van der Waals surface area contributed by atoms with Gasteiger partial charge >= 0.3 is 5.97 Å². The number of carbonyl (C=O) groups is 2. The number of hydrogen-bond donors (Lipinski definition) is 2. The quantitative estimate of drug-likeness (QED) is 0.889. The average Bonchev–Trinajstić information content (AvgIpc) is 2.47. The lowest BCUT2D eigenvalue weighted by atomic mass is 10.2. The first-order valence-corrected chi connectivity index (χ1v) is 6.83. The predicted molar refractivity (Wildman–Crippen MR) is 83.3 cm³/mol. The number of hydrogen-bond acceptors (Lipinski definition) is 3. The second-order valence-corrected chi connectivity index (χ2v) is 4.95. The van der Waals surface area contributed by atoms with E-state index >= 15 is 0 Å². The van der Waals surface area contributed by atoms with Crippen molar-refractivity contribution in [3.63, 3.8) is 0 Å². The van der Waals surface area contributed by atoms with Gasteiger partial charge in [-0.15, -0.1) is 0 Å². The molecule has 0 radical (unpaired) electrons. The van der Waals surface area contributed by atoms with Crippen LogP contribution in [0.3, 0.4) is 0 Å². The number of aromatic carboxylic acids is 1. The fraction of sp³-hybridized carbons (Fsp3) is 0.176. The van der Waals surface area contributed by atoms with E-state index < -0.39 is 12.1 Å². The van der Waals surface area contributed by atoms with Gasteiger partial charge in [-0.1, -0.05) is 18.2 Å². The summed E-state index contributed by atoms with van der Waals surface area (Å²) in [6.45, 7) is 3.58. The fourth-order valence-electron chi connectivity index (χ4n) is 1.92. The van der Waals surface area contributed by atoms with Crippen molar-refractivity contribution in [3.8, 4) is 5.75 Å². The molecule has 0 bridgehead atoms. The van der Waals surface area contributed by atoms with Gasteiger partial charge in [0.25, 0.3) is 5.91 Å². The Bertz CT molecular complexity index is 697. The van der Waals surface area contributed by atoms with Crippen molar-refractivity contribution in [2.75, 3.05) is 5.32 Å². The van der Waals surface area contributed by atoms with Crippen LogP contribution in [0.15, 0.2) is 48.5 Å². The number of carboxylic acid groups (broad SMARTS) is 1. The second kappa shape index (κ2) is 6.76. The van der Waals surface area contributed by atoms with Gasteiger partial charge in [0, 0.05) is 5.69 Å². The Kier molecular flexibility index (Phi) is 4.78. The first-order valence-electron chi connectivity index (χ1n) is 6.83. The van der Waals surface area contributed by atoms with Crippen LogP contribution in [0.4, 0.5) is 5.69 Å². The van der Waals surface area contributed by atoms with Crippen LogP contribution in [0, 0.1) is 6.92 Å². The van der Waals surface area contributed by atoms with Crippen LogP contribution in [0.5, 0.6) is 5.75 Å². The molecule has 2 rings (SSSR count). The minimum atomic E-state index is -1.04. The van der Waals surface area contributed by atoms with E-state index in [0.717, 1.165) is 5.56 Å². The standard InChI is InChI=1S/C17H17NO4/c1-11-5-3-8-15(9-11)22-12(2)16(19)18-14-7-4-6-13(10-14)17(20)21/h3-10,12H,1-2H3,(H,18,19)(H,20,21)/t12-/m1/s1. The molecule has 0 fully saturated rings. The number of carbonyl (C=O) groups excluding carboxylic acids is 1. The van der Waals surface area contributed by atoms with Crippen LogP contribution < -0.4 is 10.1 Å². The van der Waals surface area contributed by atoms with Crippen LogP contribution in [0.25, 0.3) is 0 Å². The largest absolute Gasteiger partial charge is 0.481 e. The van der Waals surface area contributed by atoms with Gasteiger partial charge in [0.2, 0.25) is 0 Å². The third-order valence-electron chi connectivity index (χ3n) is 3.05. The number of carboxylic acids is 1. The van der Waals surface area contributed by atoms with Crippen LogP contribution in [-0.4, -0.2) is 23.1 Å². The first-order chi connectivity index (χ1) is 10.5. The summed E-state index contributed by atoms with van der Waals surface area (Å²) >= 11 is 0. The summed E-state index contributed by atoms with van der Waals surface area (Å²) in [4.78, 5) is 23.0. The Morgan fingerprint density at radius 2 is 1.86 bits per heavy atom. The Morgan fingerprint density at radius 1 is 1.14 bits per heavy atom. The zero-order chi connectivity index (χ0) is 16.1. The molecule has 0 saturated carbocycles. The maximum absolute atomic E-state index is 12.1. The van der Waals surface area contributed by atoms with Gasteiger partial charge in [0.1, 0.15) is 5.75 Å². The molecule has 0 saturated heterocycles. The number of anilines is 1. The maximum atomic E-state index is 12.1. The number of rotatable bonds is 5. The van der Waals surface area contributed by atoms with Crippen molar-refractivity contribution in [1.29, 1.82) is 0 Å². The van der Waals surface area contributed by atoms with Gasteiger partial charge in [-0.05, 0) is 49.7 Å². The number of aryl methyl sites for hydroxylation is 1. The van der Waals surface area contributed by atoms with Crippen LogP contribution in [0.2, 0.25) is 0 Å². The lowest BCUT2D eigenvalue weighted by molar-refractivity contribution is -0.122. The lowest BCUT2D eigenvalue weighted by Gasteiger charge is -2.15. The first kappa shape index (κ1) is 15.6. The van der Waals surface area contributed by atoms with E-state index in [2.05, 4.69) is 5.32 Å². The van der Waals surface area contributed by atoms with Gasteiger partial charge in [0.15, 0.2) is 6.10 Å². The molecule has 5 nitrogen and oxygen atoms in total. The summed E-state index contributed by atoms with van der Waals surface area (Å²) in [6.07, 6.45) is -0.699. The minimum absolute atomic E-state index is 0.116. The third kappa shape index (κ3) is 4.09. The number of ether oxygens (including phenoxy) is 1. The van der Waals surface area contributed by atoms with Crippen molar-refractivity contribution in [3.05, 3.63) is 59.7 Å². The molecule has 0 aliphatic heterocycles. The van der Waals surface area contributed by atoms with E-state index in [1.54, 1.807) is 25.1 Å². The predicted octanol–water partition coefficient (Wildman–Crippen LogP) is 3.10. The zero-order valence-corrected chi connectivity index (χ0v) is 12.4. The van der Waals surface area contributed by atoms with Gasteiger partial charge < -0.3 is 15.2 Å². The van der Waals surface area contributed by atoms with E-state index in [4.69, 9.17) is 9.84 Å². The van der Waals surface area contributed by atoms with E-state index in [0.29, 0.717) is 11.4 Å². The number of amides is 1. The molecule has 5 heteroatoms. The van der Waals surface area contributed by atoms with Crippen molar-refractivity contribution in [2.45, 2.75) is 20.0 Å². The van der Waals surface area contributed by atoms with Gasteiger partial charge in [0.05, 0.1) is 5.56 Å². The third-order valence-corrected chi connectivity index (χ3v) is 3.05. The maximum Gasteiger partial charge on any atom is 0.335 e. The molecule has 0 heterocycles. The van der Waals surface area contributed by atoms with E-state index in [9.17, 15) is 9.59 Å². The summed E-state index contributed by atoms with van der Waals surface area (Å²) < 4.78 is 5.58. The molecule has 22 heavy (non-hydrogen) atoms. The summed E-state index contributed by atoms with van der Waals surface area (Å²) in [6, 6.07) is 13.5. The Labute approximate surface area is 128 Å². The molecule has 0 spiro atoms. The monoisotopic (exact) mass is 299 g/mol. The fourth-order valence-corrected chi connectivity index (χ4v) is 1.92. The van der Waals surface area contributed by atoms with Crippen molar-refractivity contribution >= 4 is 17.6 Å². The molecule has 0 aliphatic carbocycles. The van der Waals surface area contributed by atoms with E-state index in [-0.39, 0.29) is 11.5 Å². The van der Waals surface area contributed by atoms with Crippen LogP contribution in [0.1, 0.15) is 22.8 Å². The number of nitrogens with one attached hydrogen (secondary N) is 1. The van der Waals surface area contributed by atoms with Gasteiger partial charge in [-0.2, -0.15) is 0 Å². The zero-order valence-electron chi connectivity index (χ0n) is 12.4. The smallest absolute Gasteiger partial charge is 0.335 e. The molecular formula is C17H17NO4. The summed E-state index contributed by atoms with van der Waals surface area (Å²) in [5.74, 6) is -0.772. The minimum Gasteiger partial charge on any atom is -0.481 e.